The van der Waals surface area contributed by atoms with Gasteiger partial charge in [-0.3, -0.25) is 9.59 Å². The third-order valence-corrected chi connectivity index (χ3v) is 7.08. The van der Waals surface area contributed by atoms with Crippen LogP contribution in [-0.4, -0.2) is 48.1 Å². The molecule has 0 aromatic heterocycles. The van der Waals surface area contributed by atoms with Crippen molar-refractivity contribution in [3.63, 3.8) is 0 Å². The Bertz CT molecular complexity index is 1210. The quantitative estimate of drug-likeness (QED) is 0.142. The molecule has 3 N–H and O–H groups in total. The van der Waals surface area contributed by atoms with E-state index in [0.717, 1.165) is 5.56 Å². The summed E-state index contributed by atoms with van der Waals surface area (Å²) in [6.45, 7) is 5.86. The minimum absolute atomic E-state index is 0.0900. The van der Waals surface area contributed by atoms with Crippen molar-refractivity contribution >= 4 is 81.9 Å². The van der Waals surface area contributed by atoms with Gasteiger partial charge in [0.25, 0.3) is 0 Å². The zero-order chi connectivity index (χ0) is 29.5. The third-order valence-electron chi connectivity index (χ3n) is 4.83. The number of rotatable bonds is 9. The van der Waals surface area contributed by atoms with Gasteiger partial charge >= 0.3 is 12.1 Å². The summed E-state index contributed by atoms with van der Waals surface area (Å²) in [5.74, 6) is -2.62. The standard InChI is InChI=1S/C25H26Cl5N3O6/c1-12(32-24(37)39-25(2,3)4)22(35)33-14(10-13-8-6-5-7-9-13)23(36)31-11-15(34)38-21-19(29)17(27)16(26)18(28)20(21)30/h5-9,12,14H,10-11H2,1-4H3,(H,31,36)(H,32,37)(H,33,35). The number of hydrogen-bond donors (Lipinski definition) is 3. The molecule has 0 aliphatic carbocycles. The summed E-state index contributed by atoms with van der Waals surface area (Å²) in [7, 11) is 0. The summed E-state index contributed by atoms with van der Waals surface area (Å²) in [6.07, 6.45) is -0.705. The van der Waals surface area contributed by atoms with Gasteiger partial charge in [0, 0.05) is 6.42 Å². The van der Waals surface area contributed by atoms with Gasteiger partial charge in [0.1, 0.15) is 34.3 Å². The molecule has 0 radical (unpaired) electrons. The first-order valence-corrected chi connectivity index (χ1v) is 13.3. The molecule has 39 heavy (non-hydrogen) atoms. The molecule has 3 amide bonds. The minimum atomic E-state index is -1.11. The summed E-state index contributed by atoms with van der Waals surface area (Å²) < 4.78 is 10.3. The van der Waals surface area contributed by atoms with Crippen LogP contribution in [0.4, 0.5) is 4.79 Å². The largest absolute Gasteiger partial charge is 0.444 e. The van der Waals surface area contributed by atoms with Crippen LogP contribution >= 0.6 is 58.0 Å². The van der Waals surface area contributed by atoms with Gasteiger partial charge in [0.05, 0.1) is 15.1 Å². The molecular formula is C25H26Cl5N3O6. The summed E-state index contributed by atoms with van der Waals surface area (Å²) in [4.78, 5) is 50.3. The number of hydrogen-bond acceptors (Lipinski definition) is 6. The number of esters is 1. The highest BCUT2D eigenvalue weighted by Crippen LogP contribution is 2.48. The molecular weight excluding hydrogens is 616 g/mol. The lowest BCUT2D eigenvalue weighted by atomic mass is 10.0. The Labute approximate surface area is 250 Å². The molecule has 0 fully saturated rings. The van der Waals surface area contributed by atoms with Crippen LogP contribution in [0.3, 0.4) is 0 Å². The van der Waals surface area contributed by atoms with Crippen molar-refractivity contribution < 1.29 is 28.7 Å². The van der Waals surface area contributed by atoms with E-state index in [0.29, 0.717) is 0 Å². The number of benzene rings is 2. The summed E-state index contributed by atoms with van der Waals surface area (Å²) >= 11 is 30.0. The Morgan fingerprint density at radius 2 is 1.36 bits per heavy atom. The van der Waals surface area contributed by atoms with Crippen LogP contribution in [0, 0.1) is 0 Å². The second-order valence-corrected chi connectivity index (χ2v) is 11.1. The normalized spacial score (nSPS) is 12.6. The zero-order valence-corrected chi connectivity index (χ0v) is 25.1. The summed E-state index contributed by atoms with van der Waals surface area (Å²) in [5, 5.41) is 6.46. The second kappa shape index (κ2) is 14.3. The van der Waals surface area contributed by atoms with E-state index < -0.39 is 48.1 Å². The Morgan fingerprint density at radius 3 is 1.90 bits per heavy atom. The van der Waals surface area contributed by atoms with Crippen LogP contribution in [0.1, 0.15) is 33.3 Å². The van der Waals surface area contributed by atoms with Gasteiger partial charge in [0.15, 0.2) is 5.75 Å². The first kappa shape index (κ1) is 32.8. The van der Waals surface area contributed by atoms with E-state index in [1.54, 1.807) is 51.1 Å². The first-order chi connectivity index (χ1) is 18.1. The lowest BCUT2D eigenvalue weighted by molar-refractivity contribution is -0.136. The highest BCUT2D eigenvalue weighted by Gasteiger charge is 2.27. The molecule has 9 nitrogen and oxygen atoms in total. The monoisotopic (exact) mass is 639 g/mol. The third kappa shape index (κ3) is 9.92. The van der Waals surface area contributed by atoms with Gasteiger partial charge in [0.2, 0.25) is 11.8 Å². The summed E-state index contributed by atoms with van der Waals surface area (Å²) in [6, 6.07) is 6.73. The molecule has 0 saturated carbocycles. The fourth-order valence-electron chi connectivity index (χ4n) is 3.01. The number of halogens is 5. The molecule has 0 heterocycles. The molecule has 14 heteroatoms. The van der Waals surface area contributed by atoms with E-state index in [-0.39, 0.29) is 37.3 Å². The Hall–Kier alpha value is -2.43. The predicted molar refractivity (Wildman–Crippen MR) is 151 cm³/mol. The van der Waals surface area contributed by atoms with Crippen molar-refractivity contribution in [1.29, 1.82) is 0 Å². The lowest BCUT2D eigenvalue weighted by Crippen LogP contribution is -2.54. The van der Waals surface area contributed by atoms with Crippen molar-refractivity contribution in [3.05, 3.63) is 61.0 Å². The summed E-state index contributed by atoms with van der Waals surface area (Å²) in [5.41, 5.74) is -0.0285. The van der Waals surface area contributed by atoms with Crippen LogP contribution < -0.4 is 20.7 Å². The van der Waals surface area contributed by atoms with Gasteiger partial charge in [-0.2, -0.15) is 0 Å². The van der Waals surface area contributed by atoms with E-state index in [9.17, 15) is 19.2 Å². The maximum atomic E-state index is 13.0. The number of amides is 3. The smallest absolute Gasteiger partial charge is 0.408 e. The minimum Gasteiger partial charge on any atom is -0.444 e. The van der Waals surface area contributed by atoms with Gasteiger partial charge in [-0.1, -0.05) is 88.3 Å². The molecule has 0 aliphatic rings. The topological polar surface area (TPSA) is 123 Å². The average Bonchev–Trinajstić information content (AvgIpc) is 2.86. The Kier molecular flexibility index (Phi) is 12.0. The van der Waals surface area contributed by atoms with Crippen LogP contribution in [0.5, 0.6) is 5.75 Å². The van der Waals surface area contributed by atoms with Crippen LogP contribution in [0.25, 0.3) is 0 Å². The zero-order valence-electron chi connectivity index (χ0n) is 21.3. The molecule has 0 bridgehead atoms. The number of ether oxygens (including phenoxy) is 2. The van der Waals surface area contributed by atoms with E-state index >= 15 is 0 Å². The second-order valence-electron chi connectivity index (χ2n) is 9.21. The molecule has 2 unspecified atom stereocenters. The Balaban J connectivity index is 2.10. The molecule has 0 aliphatic heterocycles. The highest BCUT2D eigenvalue weighted by molar-refractivity contribution is 6.55. The number of carbonyl (C=O) groups is 4. The molecule has 0 saturated heterocycles. The van der Waals surface area contributed by atoms with Gasteiger partial charge in [-0.25, -0.2) is 9.59 Å². The highest BCUT2D eigenvalue weighted by atomic mass is 35.5. The van der Waals surface area contributed by atoms with Crippen LogP contribution in [0.15, 0.2) is 30.3 Å². The van der Waals surface area contributed by atoms with E-state index in [2.05, 4.69) is 16.0 Å². The molecule has 2 aromatic rings. The fraction of sp³-hybridized carbons (Fsp3) is 0.360. The molecule has 212 valence electrons. The van der Waals surface area contributed by atoms with Crippen molar-refractivity contribution in [1.82, 2.24) is 16.0 Å². The maximum absolute atomic E-state index is 13.0. The lowest BCUT2D eigenvalue weighted by Gasteiger charge is -2.23. The first-order valence-electron chi connectivity index (χ1n) is 11.4. The van der Waals surface area contributed by atoms with Gasteiger partial charge in [-0.15, -0.1) is 0 Å². The SMILES string of the molecule is CC(NC(=O)OC(C)(C)C)C(=O)NC(Cc1ccccc1)C(=O)NCC(=O)Oc1c(Cl)c(Cl)c(Cl)c(Cl)c1Cl. The number of alkyl carbamates (subject to hydrolysis) is 1. The molecule has 2 aromatic carbocycles. The van der Waals surface area contributed by atoms with Crippen LogP contribution in [-0.2, 0) is 25.5 Å². The van der Waals surface area contributed by atoms with Gasteiger partial charge < -0.3 is 25.4 Å². The van der Waals surface area contributed by atoms with Crippen LogP contribution in [0.2, 0.25) is 25.1 Å². The predicted octanol–water partition coefficient (Wildman–Crippen LogP) is 5.62. The van der Waals surface area contributed by atoms with E-state index in [1.807, 2.05) is 0 Å². The van der Waals surface area contributed by atoms with Crippen molar-refractivity contribution in [3.8, 4) is 5.75 Å². The number of nitrogens with one attached hydrogen (secondary N) is 3. The van der Waals surface area contributed by atoms with E-state index in [1.165, 1.54) is 6.92 Å². The molecule has 2 rings (SSSR count). The molecule has 0 spiro atoms. The van der Waals surface area contributed by atoms with Crippen molar-refractivity contribution in [2.24, 2.45) is 0 Å². The maximum Gasteiger partial charge on any atom is 0.408 e. The Morgan fingerprint density at radius 1 is 0.821 bits per heavy atom. The number of carbonyl (C=O) groups excluding carboxylic acids is 4. The fourth-order valence-corrected chi connectivity index (χ4v) is 4.21. The van der Waals surface area contributed by atoms with E-state index in [4.69, 9.17) is 67.5 Å². The van der Waals surface area contributed by atoms with Gasteiger partial charge in [-0.05, 0) is 33.3 Å². The average molecular weight is 642 g/mol. The van der Waals surface area contributed by atoms with Crippen molar-refractivity contribution in [2.75, 3.05) is 6.54 Å². The molecule has 2 atom stereocenters. The van der Waals surface area contributed by atoms with Crippen molar-refractivity contribution in [2.45, 2.75) is 51.8 Å².